The molecule has 4 amide bonds. The molecule has 0 radical (unpaired) electrons. The molecule has 8 heterocycles. The minimum absolute atomic E-state index is 0.0385. The number of esters is 3. The summed E-state index contributed by atoms with van der Waals surface area (Å²) in [6.07, 6.45) is 8.64. The first-order valence-electron chi connectivity index (χ1n) is 29.9. The Labute approximate surface area is 530 Å². The average Bonchev–Trinajstić information content (AvgIpc) is 1.51. The number of nitrogen functional groups attached to an aromatic ring is 1. The third-order valence-electron chi connectivity index (χ3n) is 18.8. The number of nitrogens with zero attached hydrogens (tertiary/aromatic N) is 11. The first kappa shape index (κ1) is 66.8. The fraction of sp³-hybridized carbons (Fsp3) is 0.525. The zero-order valence-electron chi connectivity index (χ0n) is 52.4. The van der Waals surface area contributed by atoms with Crippen LogP contribution in [0.25, 0.3) is 10.9 Å². The minimum atomic E-state index is -2.55. The highest BCUT2D eigenvalue weighted by Gasteiger charge is 2.81. The summed E-state index contributed by atoms with van der Waals surface area (Å²) < 4.78 is 23.9. The molecule has 5 aromatic rings. The number of nitroso groups, excluding NO2 is 1. The Hall–Kier alpha value is -8.64. The van der Waals surface area contributed by atoms with Crippen LogP contribution in [0.2, 0.25) is 0 Å². The number of fused-ring (bicyclic) bond motifs is 6. The van der Waals surface area contributed by atoms with Crippen molar-refractivity contribution in [1.29, 1.82) is 0 Å². The molecule has 3 fully saturated rings. The summed E-state index contributed by atoms with van der Waals surface area (Å²) in [5, 5.41) is 40.8. The maximum absolute atomic E-state index is 15.2. The number of carbonyl (C=O) groups excluding carboxylic acids is 6. The number of hydrogen-bond acceptors (Lipinski definition) is 22. The molecule has 10 atom stereocenters. The van der Waals surface area contributed by atoms with Gasteiger partial charge in [-0.15, -0.1) is 21.6 Å². The summed E-state index contributed by atoms with van der Waals surface area (Å²) in [5.74, 6) is -1.67. The van der Waals surface area contributed by atoms with Gasteiger partial charge < -0.3 is 60.8 Å². The van der Waals surface area contributed by atoms with E-state index in [2.05, 4.69) is 55.7 Å². The largest absolute Gasteiger partial charge is 0.494 e. The van der Waals surface area contributed by atoms with E-state index in [0.29, 0.717) is 110 Å². The van der Waals surface area contributed by atoms with Crippen LogP contribution in [-0.4, -0.2) is 201 Å². The first-order chi connectivity index (χ1) is 43.5. The lowest BCUT2D eigenvalue weighted by Gasteiger charge is -2.63. The number of urea groups is 1. The number of benzene rings is 2. The van der Waals surface area contributed by atoms with E-state index in [1.54, 1.807) is 21.0 Å². The van der Waals surface area contributed by atoms with Gasteiger partial charge in [-0.3, -0.25) is 34.0 Å². The molecule has 1 unspecified atom stereocenters. The quantitative estimate of drug-likeness (QED) is 0.0105. The number of aromatic amines is 2. The molecule has 11 rings (SSSR count). The van der Waals surface area contributed by atoms with Gasteiger partial charge in [0, 0.05) is 110 Å². The molecule has 30 heteroatoms. The van der Waals surface area contributed by atoms with E-state index >= 15 is 4.79 Å². The molecule has 2 saturated heterocycles. The summed E-state index contributed by atoms with van der Waals surface area (Å²) in [5.41, 5.74) is 8.08. The highest BCUT2D eigenvalue weighted by Crippen LogP contribution is 2.69. The lowest BCUT2D eigenvalue weighted by Crippen LogP contribution is -2.81. The molecule has 1 spiro atoms. The summed E-state index contributed by atoms with van der Waals surface area (Å²) >= 11 is 5.42. The van der Waals surface area contributed by atoms with Crippen LogP contribution in [0.4, 0.5) is 22.1 Å². The predicted molar refractivity (Wildman–Crippen MR) is 333 cm³/mol. The average molecular weight is 1280 g/mol. The van der Waals surface area contributed by atoms with Gasteiger partial charge >= 0.3 is 23.9 Å². The van der Waals surface area contributed by atoms with Crippen molar-refractivity contribution in [1.82, 2.24) is 50.1 Å². The van der Waals surface area contributed by atoms with Crippen LogP contribution in [0.3, 0.4) is 0 Å². The Morgan fingerprint density at radius 1 is 0.989 bits per heavy atom. The number of H-pyrrole nitrogens is 2. The highest BCUT2D eigenvalue weighted by atomic mass is 35.5. The van der Waals surface area contributed by atoms with E-state index in [9.17, 15) is 39.1 Å². The van der Waals surface area contributed by atoms with Crippen LogP contribution in [0, 0.1) is 23.2 Å². The number of amides is 4. The molecule has 29 nitrogen and oxygen atoms in total. The number of aromatic nitrogens is 5. The van der Waals surface area contributed by atoms with Crippen LogP contribution in [0.1, 0.15) is 97.1 Å². The second kappa shape index (κ2) is 26.7. The van der Waals surface area contributed by atoms with Crippen molar-refractivity contribution >= 4 is 76.1 Å². The molecule has 5 aliphatic heterocycles. The normalized spacial score (nSPS) is 27.5. The third kappa shape index (κ3) is 11.6. The van der Waals surface area contributed by atoms with Gasteiger partial charge in [-0.2, -0.15) is 5.01 Å². The van der Waals surface area contributed by atoms with Gasteiger partial charge in [-0.05, 0) is 75.1 Å². The number of piperidine rings is 1. The van der Waals surface area contributed by atoms with Crippen molar-refractivity contribution < 1.29 is 57.9 Å². The number of aryl methyl sites for hydroxylation is 1. The number of anilines is 2. The van der Waals surface area contributed by atoms with Crippen molar-refractivity contribution in [2.24, 2.45) is 32.7 Å². The number of nitrogens with one attached hydrogen (secondary N) is 3. The lowest BCUT2D eigenvalue weighted by molar-refractivity contribution is -0.228. The van der Waals surface area contributed by atoms with Gasteiger partial charge in [-0.25, -0.2) is 24.5 Å². The topological polar surface area (TPSA) is 384 Å². The van der Waals surface area contributed by atoms with Gasteiger partial charge in [0.25, 0.3) is 5.91 Å². The summed E-state index contributed by atoms with van der Waals surface area (Å²) in [7, 11) is 7.47. The molecule has 2 bridgehead atoms. The number of imidazole rings is 1. The van der Waals surface area contributed by atoms with E-state index in [1.165, 1.54) is 50.7 Å². The molecule has 2 aromatic carbocycles. The Bertz CT molecular complexity index is 3660. The van der Waals surface area contributed by atoms with Gasteiger partial charge in [0.15, 0.2) is 11.8 Å². The number of aliphatic hydroxyl groups is 2. The van der Waals surface area contributed by atoms with Gasteiger partial charge in [0.2, 0.25) is 17.8 Å². The van der Waals surface area contributed by atoms with E-state index in [4.69, 9.17) is 42.0 Å². The number of carbonyl (C=O) groups is 6. The molecule has 488 valence electrons. The number of ether oxygens (including phenoxy) is 4. The smallest absolute Gasteiger partial charge is 0.344 e. The zero-order valence-corrected chi connectivity index (χ0v) is 53.2. The van der Waals surface area contributed by atoms with Crippen LogP contribution in [-0.2, 0) is 57.2 Å². The molecule has 9 N–H and O–H groups in total. The fourth-order valence-electron chi connectivity index (χ4n) is 15.3. The van der Waals surface area contributed by atoms with E-state index < -0.39 is 75.5 Å². The zero-order chi connectivity index (χ0) is 66.0. The predicted octanol–water partition coefficient (Wildman–Crippen LogP) is 4.39. The Kier molecular flexibility index (Phi) is 19.6. The summed E-state index contributed by atoms with van der Waals surface area (Å²) in [6.45, 7) is 10.0. The van der Waals surface area contributed by atoms with Gasteiger partial charge in [0.1, 0.15) is 22.8 Å². The highest BCUT2D eigenvalue weighted by molar-refractivity contribution is 6.18. The number of primary amides is 1. The van der Waals surface area contributed by atoms with Crippen LogP contribution in [0.15, 0.2) is 76.7 Å². The molecular formula is C61H79ClN16O13. The summed E-state index contributed by atoms with van der Waals surface area (Å²) in [4.78, 5) is 113. The molecule has 1 aliphatic carbocycles. The third-order valence-corrected chi connectivity index (χ3v) is 18.9. The molecule has 6 aliphatic rings. The van der Waals surface area contributed by atoms with Crippen molar-refractivity contribution in [2.45, 2.75) is 113 Å². The Morgan fingerprint density at radius 3 is 2.36 bits per heavy atom. The Balaban J connectivity index is 0.000000258. The first-order valence-corrected chi connectivity index (χ1v) is 30.4. The lowest BCUT2D eigenvalue weighted by atomic mass is 9.47. The van der Waals surface area contributed by atoms with Crippen LogP contribution >= 0.6 is 11.6 Å². The maximum Gasteiger partial charge on any atom is 0.344 e. The van der Waals surface area contributed by atoms with Crippen LogP contribution in [0.5, 0.6) is 5.75 Å². The molecular weight excluding hydrogens is 1200 g/mol. The van der Waals surface area contributed by atoms with Crippen molar-refractivity contribution in [3.63, 3.8) is 0 Å². The number of nitrogens with two attached hydrogens (primary N) is 2. The molecule has 91 heavy (non-hydrogen) atoms. The Morgan fingerprint density at radius 2 is 1.73 bits per heavy atom. The van der Waals surface area contributed by atoms with Crippen molar-refractivity contribution in [3.05, 3.63) is 105 Å². The molecule has 3 aromatic heterocycles. The monoisotopic (exact) mass is 1280 g/mol. The standard InChI is InChI=1S/C46H56N4O10.C9H13ClN6O2.C6H10N6O/c1-7-42(55)22-28-23-45(40(53)58-5,36-30(16-20-48(24-28)25-42)29-12-9-10-13-33(29)47-36)32-15-14-31-34(35(32)57-4)50(26-51)38-44(31)18-21-49-19-11-17-43(8-2,37(44)49)39(60-27(3)52)46(38,56)41(54)59-6;1-6-12-4-7(8(11)14-6)5-13-9(17)16(15-18)3-2-10;1-12(2)11-10-6-4(5(7)13)8-3-9-6/h9-15,17,26,28,37-39,47,55-56H,7-8,16,18-25H2,1-6H3;4H,2-3,5H2,1H3,(H,13,17)(H2,11,12,14);3H,1-2H3,(H2,7,13)(H,8,9)/b;;11-10+/t28-,37-,38+,39+,42-,43+,44+,45-,46-;;/m0../s1. The van der Waals surface area contributed by atoms with Crippen molar-refractivity contribution in [2.75, 3.05) is 91.2 Å². The van der Waals surface area contributed by atoms with Crippen molar-refractivity contribution in [3.8, 4) is 5.75 Å². The fourth-order valence-corrected chi connectivity index (χ4v) is 15.4. The number of halogens is 1. The number of alkyl halides is 1. The van der Waals surface area contributed by atoms with E-state index in [1.807, 2.05) is 62.4 Å². The maximum atomic E-state index is 15.2. The number of hydrogen-bond donors (Lipinski definition) is 7. The minimum Gasteiger partial charge on any atom is -0.494 e. The number of para-hydroxylation sites is 1. The van der Waals surface area contributed by atoms with Crippen LogP contribution < -0.4 is 26.4 Å². The van der Waals surface area contributed by atoms with Gasteiger partial charge in [0.05, 0.1) is 56.8 Å². The molecule has 1 saturated carbocycles. The second-order valence-corrected chi connectivity index (χ2v) is 24.3. The second-order valence-electron chi connectivity index (χ2n) is 24.0. The SMILES string of the molecule is CC[C@]1(O)C[C@@H]2CN(CCc3c([nH]c4ccccc34)[C@@](C(=O)OC)(c3ccc4c(c3OC)N(C=O)[C@H]3[C@@](O)(C(=O)OC)[C@H](OC(C)=O)[C@]5(CC)C=CCN6CC[C@]43[C@@H]65)C2)C1.CN(C)/N=N/c1nc[nH]c1C(N)=O.Cc1ncc(CNC(=O)N(CCCl)N=O)c(N)n1. The number of methoxy groups -OCH3 is 3. The van der Waals surface area contributed by atoms with E-state index in [0.717, 1.165) is 16.5 Å². The van der Waals surface area contributed by atoms with Gasteiger partial charge in [-0.1, -0.05) is 61.6 Å². The summed E-state index contributed by atoms with van der Waals surface area (Å²) in [6, 6.07) is 9.41. The van der Waals surface area contributed by atoms with E-state index in [-0.39, 0.29) is 54.4 Å². The number of rotatable bonds is 16.